The highest BCUT2D eigenvalue weighted by molar-refractivity contribution is 7.97. The summed E-state index contributed by atoms with van der Waals surface area (Å²) in [4.78, 5) is 44.0. The number of imide groups is 1. The summed E-state index contributed by atoms with van der Waals surface area (Å²) in [5.74, 6) is -1.70. The molecule has 4 rings (SSSR count). The summed E-state index contributed by atoms with van der Waals surface area (Å²) < 4.78 is 0. The molecule has 1 saturated heterocycles. The van der Waals surface area contributed by atoms with Gasteiger partial charge < -0.3 is 4.84 Å². The smallest absolute Gasteiger partial charge is 0.325 e. The molecule has 0 atom stereocenters. The van der Waals surface area contributed by atoms with Crippen molar-refractivity contribution in [1.82, 2.24) is 5.06 Å². The van der Waals surface area contributed by atoms with Gasteiger partial charge in [0.25, 0.3) is 11.8 Å². The zero-order chi connectivity index (χ0) is 20.2. The maximum atomic E-state index is 12.3. The number of amides is 2. The van der Waals surface area contributed by atoms with Gasteiger partial charge in [-0.3, -0.25) is 9.59 Å². The molecule has 1 heterocycles. The molecule has 1 fully saturated rings. The van der Waals surface area contributed by atoms with Gasteiger partial charge in [-0.05, 0) is 48.5 Å². The van der Waals surface area contributed by atoms with Crippen LogP contribution in [-0.2, 0) is 25.3 Å². The lowest BCUT2D eigenvalue weighted by atomic mass is 10.2. The van der Waals surface area contributed by atoms with Gasteiger partial charge in [0.05, 0.1) is 16.5 Å². The summed E-state index contributed by atoms with van der Waals surface area (Å²) in [6.07, 6.45) is 0.143. The molecule has 6 heteroatoms. The number of carbonyl (C=O) groups excluding carboxylic acids is 3. The Bertz CT molecular complexity index is 980. The van der Waals surface area contributed by atoms with Crippen molar-refractivity contribution in [3.05, 3.63) is 90.5 Å². The van der Waals surface area contributed by atoms with E-state index in [4.69, 9.17) is 4.84 Å². The summed E-state index contributed by atoms with van der Waals surface area (Å²) in [5, 5.41) is 0.564. The lowest BCUT2D eigenvalue weighted by Gasteiger charge is -2.12. The first-order valence-electron chi connectivity index (χ1n) is 9.16. The van der Waals surface area contributed by atoms with Crippen LogP contribution in [0.25, 0.3) is 0 Å². The van der Waals surface area contributed by atoms with Crippen LogP contribution in [0.2, 0.25) is 0 Å². The molecular formula is C23H18NO4S+. The predicted molar refractivity (Wildman–Crippen MR) is 108 cm³/mol. The van der Waals surface area contributed by atoms with E-state index in [0.29, 0.717) is 5.06 Å². The summed E-state index contributed by atoms with van der Waals surface area (Å²) in [6, 6.07) is 27.4. The van der Waals surface area contributed by atoms with Crippen molar-refractivity contribution in [2.45, 2.75) is 27.5 Å². The second kappa shape index (κ2) is 8.32. The predicted octanol–water partition coefficient (Wildman–Crippen LogP) is 4.00. The van der Waals surface area contributed by atoms with Crippen LogP contribution in [0, 0.1) is 0 Å². The number of benzene rings is 3. The molecule has 3 aromatic rings. The summed E-state index contributed by atoms with van der Waals surface area (Å²) >= 11 is 0. The highest BCUT2D eigenvalue weighted by Crippen LogP contribution is 2.31. The third-order valence-electron chi connectivity index (χ3n) is 4.46. The second-order valence-electron chi connectivity index (χ2n) is 6.42. The number of hydrogen-bond donors (Lipinski definition) is 0. The molecule has 0 aromatic heterocycles. The van der Waals surface area contributed by atoms with Crippen LogP contribution < -0.4 is 0 Å². The molecule has 0 aliphatic carbocycles. The Morgan fingerprint density at radius 2 is 1.14 bits per heavy atom. The van der Waals surface area contributed by atoms with Crippen LogP contribution in [0.1, 0.15) is 23.2 Å². The quantitative estimate of drug-likeness (QED) is 0.476. The normalized spacial score (nSPS) is 13.8. The topological polar surface area (TPSA) is 63.7 Å². The lowest BCUT2D eigenvalue weighted by molar-refractivity contribution is -0.172. The Kier molecular flexibility index (Phi) is 5.44. The Balaban J connectivity index is 1.60. The maximum absolute atomic E-state index is 12.3. The summed E-state index contributed by atoms with van der Waals surface area (Å²) in [6.45, 7) is 0. The van der Waals surface area contributed by atoms with Gasteiger partial charge in [-0.25, -0.2) is 4.79 Å². The Labute approximate surface area is 171 Å². The van der Waals surface area contributed by atoms with Gasteiger partial charge in [-0.15, -0.1) is 5.06 Å². The van der Waals surface area contributed by atoms with Gasteiger partial charge in [0.1, 0.15) is 0 Å². The Morgan fingerprint density at radius 1 is 0.690 bits per heavy atom. The van der Waals surface area contributed by atoms with E-state index in [1.807, 2.05) is 48.5 Å². The highest BCUT2D eigenvalue weighted by Gasteiger charge is 2.33. The molecule has 29 heavy (non-hydrogen) atoms. The minimum atomic E-state index is -0.723. The van der Waals surface area contributed by atoms with E-state index >= 15 is 0 Å². The third-order valence-corrected chi connectivity index (χ3v) is 6.69. The van der Waals surface area contributed by atoms with Gasteiger partial charge in [-0.2, -0.15) is 0 Å². The molecular weight excluding hydrogens is 386 g/mol. The fraction of sp³-hybridized carbons (Fsp3) is 0.0870. The lowest BCUT2D eigenvalue weighted by Crippen LogP contribution is -2.32. The van der Waals surface area contributed by atoms with E-state index in [0.717, 1.165) is 4.90 Å². The third kappa shape index (κ3) is 4.07. The summed E-state index contributed by atoms with van der Waals surface area (Å²) in [5.41, 5.74) is 0.283. The van der Waals surface area contributed by atoms with Crippen molar-refractivity contribution in [3.8, 4) is 0 Å². The van der Waals surface area contributed by atoms with Crippen LogP contribution in [0.3, 0.4) is 0 Å². The Morgan fingerprint density at radius 3 is 1.62 bits per heavy atom. The fourth-order valence-electron chi connectivity index (χ4n) is 3.04. The van der Waals surface area contributed by atoms with Crippen LogP contribution in [0.4, 0.5) is 0 Å². The van der Waals surface area contributed by atoms with Gasteiger partial charge >= 0.3 is 5.97 Å². The number of hydroxylamine groups is 2. The Hall–Kier alpha value is -3.38. The highest BCUT2D eigenvalue weighted by atomic mass is 32.2. The minimum Gasteiger partial charge on any atom is -0.325 e. The number of carbonyl (C=O) groups is 3. The van der Waals surface area contributed by atoms with E-state index in [2.05, 4.69) is 24.3 Å². The minimum absolute atomic E-state index is 0.0714. The molecule has 0 radical (unpaired) electrons. The van der Waals surface area contributed by atoms with Crippen molar-refractivity contribution in [1.29, 1.82) is 0 Å². The first-order valence-corrected chi connectivity index (χ1v) is 10.4. The first kappa shape index (κ1) is 19.0. The van der Waals surface area contributed by atoms with Gasteiger partial charge in [0, 0.05) is 12.8 Å². The van der Waals surface area contributed by atoms with Crippen molar-refractivity contribution < 1.29 is 19.2 Å². The number of nitrogens with zero attached hydrogens (tertiary/aromatic N) is 1. The molecule has 3 aromatic carbocycles. The second-order valence-corrected chi connectivity index (χ2v) is 8.44. The first-order chi connectivity index (χ1) is 14.1. The van der Waals surface area contributed by atoms with Crippen LogP contribution in [-0.4, -0.2) is 22.8 Å². The average Bonchev–Trinajstić information content (AvgIpc) is 3.08. The maximum Gasteiger partial charge on any atom is 0.363 e. The molecule has 1 aliphatic heterocycles. The average molecular weight is 404 g/mol. The van der Waals surface area contributed by atoms with Crippen LogP contribution >= 0.6 is 0 Å². The largest absolute Gasteiger partial charge is 0.363 e. The van der Waals surface area contributed by atoms with E-state index in [9.17, 15) is 14.4 Å². The molecule has 2 amide bonds. The molecule has 5 nitrogen and oxygen atoms in total. The summed E-state index contributed by atoms with van der Waals surface area (Å²) in [7, 11) is -0.322. The molecule has 1 aliphatic rings. The van der Waals surface area contributed by atoms with Gasteiger partial charge in [-0.1, -0.05) is 36.4 Å². The molecule has 0 unspecified atom stereocenters. The number of rotatable bonds is 5. The SMILES string of the molecule is O=C(ON1C(=O)CCC1=O)c1ccc([S+](c2ccccc2)c2ccccc2)cc1. The van der Waals surface area contributed by atoms with Crippen LogP contribution in [0.5, 0.6) is 0 Å². The van der Waals surface area contributed by atoms with Gasteiger partial charge in [0.2, 0.25) is 0 Å². The van der Waals surface area contributed by atoms with Crippen molar-refractivity contribution in [2.24, 2.45) is 0 Å². The zero-order valence-corrected chi connectivity index (χ0v) is 16.3. The van der Waals surface area contributed by atoms with Crippen molar-refractivity contribution in [3.63, 3.8) is 0 Å². The molecule has 0 spiro atoms. The zero-order valence-electron chi connectivity index (χ0n) is 15.5. The monoisotopic (exact) mass is 404 g/mol. The molecule has 0 N–H and O–H groups in total. The fourth-order valence-corrected chi connectivity index (χ4v) is 5.13. The molecule has 144 valence electrons. The van der Waals surface area contributed by atoms with E-state index in [1.54, 1.807) is 12.1 Å². The number of hydrogen-bond acceptors (Lipinski definition) is 4. The van der Waals surface area contributed by atoms with E-state index < -0.39 is 17.8 Å². The standard InChI is InChI=1S/C23H18NO4S/c25-21-15-16-22(26)24(21)28-23(27)17-11-13-20(14-12-17)29(18-7-3-1-4-8-18)19-9-5-2-6-10-19/h1-14H,15-16H2/q+1. The van der Waals surface area contributed by atoms with Crippen molar-refractivity contribution >= 4 is 28.7 Å². The van der Waals surface area contributed by atoms with E-state index in [-0.39, 0.29) is 29.3 Å². The van der Waals surface area contributed by atoms with Crippen molar-refractivity contribution in [2.75, 3.05) is 0 Å². The molecule has 0 saturated carbocycles. The van der Waals surface area contributed by atoms with Crippen LogP contribution in [0.15, 0.2) is 99.6 Å². The van der Waals surface area contributed by atoms with Gasteiger partial charge in [0.15, 0.2) is 14.7 Å². The van der Waals surface area contributed by atoms with E-state index in [1.165, 1.54) is 9.79 Å². The molecule has 0 bridgehead atoms.